The van der Waals surface area contributed by atoms with Crippen LogP contribution in [0, 0.1) is 27.7 Å². The number of aromatic nitrogens is 2. The summed E-state index contributed by atoms with van der Waals surface area (Å²) in [5.74, 6) is 0. The number of hydrogen-bond acceptors (Lipinski definition) is 1. The van der Waals surface area contributed by atoms with E-state index in [1.165, 1.54) is 38.9 Å². The lowest BCUT2D eigenvalue weighted by Crippen LogP contribution is -2.36. The van der Waals surface area contributed by atoms with Crippen molar-refractivity contribution in [1.82, 2.24) is 5.10 Å². The van der Waals surface area contributed by atoms with Gasteiger partial charge < -0.3 is 0 Å². The molecule has 0 saturated carbocycles. The van der Waals surface area contributed by atoms with Gasteiger partial charge in [0.2, 0.25) is 5.69 Å². The first kappa shape index (κ1) is 13.7. The number of fused-ring (bicyclic) bond motifs is 1. The Labute approximate surface area is 126 Å². The minimum absolute atomic E-state index is 1.04. The topological polar surface area (TPSA) is 16.8 Å². The summed E-state index contributed by atoms with van der Waals surface area (Å²) in [4.78, 5) is 0. The fourth-order valence-corrected chi connectivity index (χ4v) is 3.12. The summed E-state index contributed by atoms with van der Waals surface area (Å²) in [7, 11) is 2.03. The lowest BCUT2D eigenvalue weighted by Gasteiger charge is -2.11. The summed E-state index contributed by atoms with van der Waals surface area (Å²) in [5.41, 5.74) is 8.78. The van der Waals surface area contributed by atoms with Crippen LogP contribution in [0.15, 0.2) is 36.4 Å². The lowest BCUT2D eigenvalue weighted by atomic mass is 9.94. The van der Waals surface area contributed by atoms with Crippen LogP contribution in [0.25, 0.3) is 22.2 Å². The standard InChI is InChI=1S/C19H21N2/c1-12-10-13(2)14(3)17(11-12)19-15(4)16-8-6-7-9-18(16)20-21(19)5/h6-11H,1-5H3/q+1. The molecule has 0 saturated heterocycles. The van der Waals surface area contributed by atoms with Crippen LogP contribution < -0.4 is 4.68 Å². The predicted octanol–water partition coefficient (Wildman–Crippen LogP) is 3.96. The molecule has 0 aliphatic rings. The quantitative estimate of drug-likeness (QED) is 0.615. The molecule has 2 aromatic carbocycles. The summed E-state index contributed by atoms with van der Waals surface area (Å²) >= 11 is 0. The van der Waals surface area contributed by atoms with Crippen LogP contribution in [0.3, 0.4) is 0 Å². The van der Waals surface area contributed by atoms with Gasteiger partial charge in [-0.15, -0.1) is 0 Å². The summed E-state index contributed by atoms with van der Waals surface area (Å²) in [6, 6.07) is 12.8. The first-order chi connectivity index (χ1) is 9.99. The molecular formula is C19H21N2+. The molecule has 0 atom stereocenters. The fourth-order valence-electron chi connectivity index (χ4n) is 3.12. The van der Waals surface area contributed by atoms with Crippen LogP contribution in [0.5, 0.6) is 0 Å². The lowest BCUT2D eigenvalue weighted by molar-refractivity contribution is -0.718. The monoisotopic (exact) mass is 277 g/mol. The maximum Gasteiger partial charge on any atom is 0.242 e. The first-order valence-corrected chi connectivity index (χ1v) is 7.33. The number of nitrogens with zero attached hydrogens (tertiary/aromatic N) is 2. The molecule has 106 valence electrons. The third-order valence-electron chi connectivity index (χ3n) is 4.31. The maximum atomic E-state index is 4.73. The predicted molar refractivity (Wildman–Crippen MR) is 87.3 cm³/mol. The molecule has 2 heteroatoms. The number of rotatable bonds is 1. The molecule has 3 aromatic rings. The van der Waals surface area contributed by atoms with Crippen LogP contribution in [-0.4, -0.2) is 5.10 Å². The van der Waals surface area contributed by atoms with E-state index in [4.69, 9.17) is 5.10 Å². The first-order valence-electron chi connectivity index (χ1n) is 7.33. The summed E-state index contributed by atoms with van der Waals surface area (Å²) < 4.78 is 2.01. The third kappa shape index (κ3) is 2.21. The highest BCUT2D eigenvalue weighted by molar-refractivity contribution is 5.85. The zero-order chi connectivity index (χ0) is 15.1. The van der Waals surface area contributed by atoms with Crippen molar-refractivity contribution in [2.75, 3.05) is 0 Å². The molecule has 0 aliphatic heterocycles. The minimum Gasteiger partial charge on any atom is -0.0856 e. The van der Waals surface area contributed by atoms with E-state index in [0.29, 0.717) is 0 Å². The van der Waals surface area contributed by atoms with Crippen LogP contribution in [-0.2, 0) is 7.05 Å². The summed E-state index contributed by atoms with van der Waals surface area (Å²) in [6.45, 7) is 8.71. The molecular weight excluding hydrogens is 256 g/mol. The van der Waals surface area contributed by atoms with E-state index in [1.54, 1.807) is 0 Å². The second kappa shape index (κ2) is 4.96. The normalized spacial score (nSPS) is 11.1. The molecule has 3 rings (SSSR count). The van der Waals surface area contributed by atoms with E-state index in [1.807, 2.05) is 17.8 Å². The molecule has 0 bridgehead atoms. The second-order valence-electron chi connectivity index (χ2n) is 5.87. The highest BCUT2D eigenvalue weighted by Gasteiger charge is 2.21. The van der Waals surface area contributed by atoms with Crippen molar-refractivity contribution in [2.45, 2.75) is 27.7 Å². The van der Waals surface area contributed by atoms with Gasteiger partial charge in [0.15, 0.2) is 7.05 Å². The zero-order valence-electron chi connectivity index (χ0n) is 13.4. The zero-order valence-corrected chi connectivity index (χ0v) is 13.4. The van der Waals surface area contributed by atoms with Crippen LogP contribution in [0.2, 0.25) is 0 Å². The highest BCUT2D eigenvalue weighted by atomic mass is 15.2. The Kier molecular flexibility index (Phi) is 3.25. The Balaban J connectivity index is 2.41. The van der Waals surface area contributed by atoms with Gasteiger partial charge in [0.25, 0.3) is 0 Å². The molecule has 0 aliphatic carbocycles. The minimum atomic E-state index is 1.04. The SMILES string of the molecule is Cc1cc(C)c(C)c(-c2c(C)c3ccccc3n[n+]2C)c1. The van der Waals surface area contributed by atoms with Crippen molar-refractivity contribution in [3.63, 3.8) is 0 Å². The van der Waals surface area contributed by atoms with Crippen molar-refractivity contribution in [3.05, 3.63) is 58.7 Å². The average molecular weight is 277 g/mol. The Morgan fingerprint density at radius 1 is 0.905 bits per heavy atom. The second-order valence-corrected chi connectivity index (χ2v) is 5.87. The van der Waals surface area contributed by atoms with Gasteiger partial charge in [0, 0.05) is 16.0 Å². The van der Waals surface area contributed by atoms with Crippen molar-refractivity contribution < 1.29 is 4.68 Å². The van der Waals surface area contributed by atoms with Gasteiger partial charge in [-0.2, -0.15) is 0 Å². The van der Waals surface area contributed by atoms with E-state index in [2.05, 4.69) is 58.0 Å². The molecule has 2 nitrogen and oxygen atoms in total. The van der Waals surface area contributed by atoms with Gasteiger partial charge in [-0.3, -0.25) is 0 Å². The highest BCUT2D eigenvalue weighted by Crippen LogP contribution is 2.29. The van der Waals surface area contributed by atoms with E-state index >= 15 is 0 Å². The van der Waals surface area contributed by atoms with E-state index < -0.39 is 0 Å². The molecule has 0 spiro atoms. The van der Waals surface area contributed by atoms with Crippen molar-refractivity contribution in [2.24, 2.45) is 7.05 Å². The fraction of sp³-hybridized carbons (Fsp3) is 0.263. The van der Waals surface area contributed by atoms with E-state index in [0.717, 1.165) is 5.52 Å². The Morgan fingerprint density at radius 3 is 2.38 bits per heavy atom. The van der Waals surface area contributed by atoms with Crippen LogP contribution in [0.4, 0.5) is 0 Å². The van der Waals surface area contributed by atoms with Gasteiger partial charge in [-0.1, -0.05) is 34.5 Å². The molecule has 0 radical (unpaired) electrons. The largest absolute Gasteiger partial charge is 0.242 e. The van der Waals surface area contributed by atoms with Gasteiger partial charge in [0.05, 0.1) is 5.56 Å². The van der Waals surface area contributed by atoms with Crippen molar-refractivity contribution in [1.29, 1.82) is 0 Å². The molecule has 1 heterocycles. The Morgan fingerprint density at radius 2 is 1.62 bits per heavy atom. The number of benzene rings is 2. The van der Waals surface area contributed by atoms with Crippen molar-refractivity contribution in [3.8, 4) is 11.3 Å². The van der Waals surface area contributed by atoms with Gasteiger partial charge in [-0.05, 0) is 51.0 Å². The number of aryl methyl sites for hydroxylation is 4. The van der Waals surface area contributed by atoms with E-state index in [-0.39, 0.29) is 0 Å². The molecule has 0 N–H and O–H groups in total. The molecule has 0 amide bonds. The van der Waals surface area contributed by atoms with Crippen LogP contribution >= 0.6 is 0 Å². The smallest absolute Gasteiger partial charge is 0.0856 e. The maximum absolute atomic E-state index is 4.73. The Hall–Kier alpha value is -2.22. The molecule has 21 heavy (non-hydrogen) atoms. The van der Waals surface area contributed by atoms with E-state index in [9.17, 15) is 0 Å². The van der Waals surface area contributed by atoms with Gasteiger partial charge in [0.1, 0.15) is 5.52 Å². The third-order valence-corrected chi connectivity index (χ3v) is 4.31. The van der Waals surface area contributed by atoms with Crippen molar-refractivity contribution >= 4 is 10.9 Å². The van der Waals surface area contributed by atoms with Gasteiger partial charge >= 0.3 is 0 Å². The van der Waals surface area contributed by atoms with Crippen LogP contribution in [0.1, 0.15) is 22.3 Å². The summed E-state index contributed by atoms with van der Waals surface area (Å²) in [5, 5.41) is 5.96. The number of hydrogen-bond donors (Lipinski definition) is 0. The molecule has 1 aromatic heterocycles. The molecule has 0 fully saturated rings. The Bertz CT molecular complexity index is 848. The summed E-state index contributed by atoms with van der Waals surface area (Å²) in [6.07, 6.45) is 0. The average Bonchev–Trinajstić information content (AvgIpc) is 2.44. The molecule has 0 unspecified atom stereocenters. The van der Waals surface area contributed by atoms with Gasteiger partial charge in [-0.25, -0.2) is 0 Å².